The number of piperidine rings is 1. The Kier molecular flexibility index (Phi) is 4.27. The van der Waals surface area contributed by atoms with Gasteiger partial charge in [0, 0.05) is 37.8 Å². The largest absolute Gasteiger partial charge is 0.442 e. The summed E-state index contributed by atoms with van der Waals surface area (Å²) in [7, 11) is 0. The molecule has 0 bridgehead atoms. The van der Waals surface area contributed by atoms with Crippen molar-refractivity contribution >= 4 is 12.0 Å². The van der Waals surface area contributed by atoms with E-state index < -0.39 is 0 Å². The second kappa shape index (κ2) is 6.94. The third-order valence-corrected chi connectivity index (χ3v) is 6.03. The maximum absolute atomic E-state index is 13.1. The zero-order chi connectivity index (χ0) is 19.1. The lowest BCUT2D eigenvalue weighted by molar-refractivity contribution is 0.0639. The van der Waals surface area contributed by atoms with Crippen molar-refractivity contribution in [2.24, 2.45) is 0 Å². The number of likely N-dealkylation sites (tertiary alicyclic amines) is 1. The van der Waals surface area contributed by atoms with E-state index in [0.717, 1.165) is 37.2 Å². The molecule has 146 valence electrons. The topological polar surface area (TPSA) is 90.6 Å². The Bertz CT molecular complexity index is 875. The molecule has 1 aromatic heterocycles. The number of hydrogen-bond acceptors (Lipinski definition) is 5. The second-order valence-corrected chi connectivity index (χ2v) is 7.60. The Hall–Kier alpha value is -2.87. The molecule has 5 rings (SSSR count). The number of carbonyl (C=O) groups excluding carboxylic acids is 2. The van der Waals surface area contributed by atoms with Gasteiger partial charge in [0.2, 0.25) is 0 Å². The van der Waals surface area contributed by atoms with Gasteiger partial charge in [-0.2, -0.15) is 5.10 Å². The number of aromatic amines is 1. The fourth-order valence-corrected chi connectivity index (χ4v) is 4.57. The molecule has 4 heterocycles. The molecular weight excluding hydrogens is 358 g/mol. The highest BCUT2D eigenvalue weighted by Crippen LogP contribution is 2.30. The van der Waals surface area contributed by atoms with Crippen LogP contribution in [0.25, 0.3) is 11.3 Å². The van der Waals surface area contributed by atoms with Crippen LogP contribution in [0.15, 0.2) is 36.5 Å². The maximum atomic E-state index is 13.1. The Morgan fingerprint density at radius 3 is 2.71 bits per heavy atom. The minimum Gasteiger partial charge on any atom is -0.442 e. The summed E-state index contributed by atoms with van der Waals surface area (Å²) < 4.78 is 5.48. The van der Waals surface area contributed by atoms with Crippen LogP contribution in [0.2, 0.25) is 0 Å². The number of aromatic nitrogens is 2. The summed E-state index contributed by atoms with van der Waals surface area (Å²) in [6.45, 7) is 2.76. The molecule has 0 aliphatic carbocycles. The van der Waals surface area contributed by atoms with Crippen LogP contribution < -0.4 is 5.32 Å². The molecule has 3 saturated heterocycles. The lowest BCUT2D eigenvalue weighted by Crippen LogP contribution is -2.51. The number of fused-ring (bicyclic) bond motifs is 1. The van der Waals surface area contributed by atoms with E-state index in [-0.39, 0.29) is 30.2 Å². The fraction of sp³-hybridized carbons (Fsp3) is 0.450. The molecule has 1 aromatic carbocycles. The van der Waals surface area contributed by atoms with Crippen LogP contribution in [-0.2, 0) is 4.74 Å². The summed E-state index contributed by atoms with van der Waals surface area (Å²) in [5.74, 6) is -0.0181. The lowest BCUT2D eigenvalue weighted by atomic mass is 10.00. The average molecular weight is 381 g/mol. The number of carbonyl (C=O) groups is 2. The van der Waals surface area contributed by atoms with Gasteiger partial charge in [-0.3, -0.25) is 14.8 Å². The Morgan fingerprint density at radius 1 is 1.14 bits per heavy atom. The molecule has 2 atom stereocenters. The molecule has 2 amide bonds. The van der Waals surface area contributed by atoms with E-state index in [4.69, 9.17) is 4.74 Å². The van der Waals surface area contributed by atoms with Crippen molar-refractivity contribution in [3.63, 3.8) is 0 Å². The highest BCUT2D eigenvalue weighted by Gasteiger charge is 2.48. The molecule has 2 aromatic rings. The van der Waals surface area contributed by atoms with Gasteiger partial charge in [-0.05, 0) is 12.8 Å². The predicted octanol–water partition coefficient (Wildman–Crippen LogP) is 1.47. The Morgan fingerprint density at radius 2 is 1.93 bits per heavy atom. The number of H-pyrrole nitrogens is 1. The molecular formula is C20H23N5O3. The van der Waals surface area contributed by atoms with E-state index in [1.807, 2.05) is 40.1 Å². The van der Waals surface area contributed by atoms with Gasteiger partial charge in [-0.1, -0.05) is 30.3 Å². The number of ether oxygens (including phenoxy) is 1. The summed E-state index contributed by atoms with van der Waals surface area (Å²) in [4.78, 5) is 29.1. The van der Waals surface area contributed by atoms with Gasteiger partial charge in [0.25, 0.3) is 5.91 Å². The summed E-state index contributed by atoms with van der Waals surface area (Å²) in [6, 6.07) is 10.00. The van der Waals surface area contributed by atoms with Crippen LogP contribution in [0.4, 0.5) is 4.79 Å². The first-order chi connectivity index (χ1) is 13.7. The zero-order valence-corrected chi connectivity index (χ0v) is 15.5. The molecule has 2 N–H and O–H groups in total. The minimum absolute atomic E-state index is 0.0181. The maximum Gasteiger partial charge on any atom is 0.410 e. The van der Waals surface area contributed by atoms with Gasteiger partial charge in [-0.15, -0.1) is 0 Å². The van der Waals surface area contributed by atoms with Gasteiger partial charge in [0.05, 0.1) is 23.5 Å². The van der Waals surface area contributed by atoms with Crippen molar-refractivity contribution in [2.45, 2.75) is 31.0 Å². The van der Waals surface area contributed by atoms with Crippen LogP contribution in [-0.4, -0.2) is 76.4 Å². The second-order valence-electron chi connectivity index (χ2n) is 7.60. The number of rotatable bonds is 3. The van der Waals surface area contributed by atoms with Crippen molar-refractivity contribution in [3.8, 4) is 11.3 Å². The molecule has 8 nitrogen and oxygen atoms in total. The van der Waals surface area contributed by atoms with Crippen LogP contribution >= 0.6 is 0 Å². The molecule has 8 heteroatoms. The molecule has 3 fully saturated rings. The number of hydrogen-bond donors (Lipinski definition) is 2. The smallest absolute Gasteiger partial charge is 0.410 e. The van der Waals surface area contributed by atoms with Gasteiger partial charge >= 0.3 is 6.09 Å². The van der Waals surface area contributed by atoms with E-state index >= 15 is 0 Å². The summed E-state index contributed by atoms with van der Waals surface area (Å²) in [5, 5.41) is 10.3. The SMILES string of the molecule is O=C(c1cn[nH]c1-c1ccccc1)N1CCC(N2C(=O)O[C@H]3CNC[C@H]32)CC1. The van der Waals surface area contributed by atoms with Crippen LogP contribution in [0.1, 0.15) is 23.2 Å². The van der Waals surface area contributed by atoms with Gasteiger partial charge in [-0.25, -0.2) is 4.79 Å². The van der Waals surface area contributed by atoms with Crippen LogP contribution in [0.5, 0.6) is 0 Å². The third-order valence-electron chi connectivity index (χ3n) is 6.03. The first-order valence-electron chi connectivity index (χ1n) is 9.80. The molecule has 0 unspecified atom stereocenters. The standard InChI is InChI=1S/C20H23N5O3/c26-19(15-10-22-23-18(15)13-4-2-1-3-5-13)24-8-6-14(7-9-24)25-16-11-21-12-17(16)28-20(25)27/h1-5,10,14,16-17,21H,6-9,11-12H2,(H,22,23)/t16-,17+/m1/s1. The van der Waals surface area contributed by atoms with Crippen molar-refractivity contribution in [1.82, 2.24) is 25.3 Å². The van der Waals surface area contributed by atoms with E-state index in [1.54, 1.807) is 6.20 Å². The van der Waals surface area contributed by atoms with Crippen molar-refractivity contribution < 1.29 is 14.3 Å². The first-order valence-corrected chi connectivity index (χ1v) is 9.80. The normalized spacial score (nSPS) is 25.1. The van der Waals surface area contributed by atoms with E-state index in [9.17, 15) is 9.59 Å². The molecule has 3 aliphatic heterocycles. The quantitative estimate of drug-likeness (QED) is 0.840. The molecule has 0 spiro atoms. The van der Waals surface area contributed by atoms with Crippen molar-refractivity contribution in [1.29, 1.82) is 0 Å². The number of nitrogens with zero attached hydrogens (tertiary/aromatic N) is 3. The lowest BCUT2D eigenvalue weighted by Gasteiger charge is -2.37. The molecule has 0 radical (unpaired) electrons. The first kappa shape index (κ1) is 17.2. The fourth-order valence-electron chi connectivity index (χ4n) is 4.57. The summed E-state index contributed by atoms with van der Waals surface area (Å²) >= 11 is 0. The number of amides is 2. The Labute approximate surface area is 162 Å². The van der Waals surface area contributed by atoms with Gasteiger partial charge < -0.3 is 15.0 Å². The minimum atomic E-state index is -0.206. The average Bonchev–Trinajstić information content (AvgIpc) is 3.44. The van der Waals surface area contributed by atoms with E-state index in [0.29, 0.717) is 18.7 Å². The number of benzene rings is 1. The highest BCUT2D eigenvalue weighted by molar-refractivity contribution is 5.99. The molecule has 28 heavy (non-hydrogen) atoms. The van der Waals surface area contributed by atoms with E-state index in [2.05, 4.69) is 15.5 Å². The van der Waals surface area contributed by atoms with Crippen molar-refractivity contribution in [2.75, 3.05) is 26.2 Å². The zero-order valence-electron chi connectivity index (χ0n) is 15.5. The monoisotopic (exact) mass is 381 g/mol. The van der Waals surface area contributed by atoms with Gasteiger partial charge in [0.15, 0.2) is 0 Å². The summed E-state index contributed by atoms with van der Waals surface area (Å²) in [5.41, 5.74) is 2.28. The van der Waals surface area contributed by atoms with E-state index in [1.165, 1.54) is 0 Å². The Balaban J connectivity index is 1.27. The summed E-state index contributed by atoms with van der Waals surface area (Å²) in [6.07, 6.45) is 2.89. The van der Waals surface area contributed by atoms with Crippen LogP contribution in [0, 0.1) is 0 Å². The number of nitrogens with one attached hydrogen (secondary N) is 2. The molecule has 3 aliphatic rings. The van der Waals surface area contributed by atoms with Gasteiger partial charge in [0.1, 0.15) is 6.10 Å². The van der Waals surface area contributed by atoms with Crippen LogP contribution in [0.3, 0.4) is 0 Å². The van der Waals surface area contributed by atoms with Crippen molar-refractivity contribution in [3.05, 3.63) is 42.1 Å². The third kappa shape index (κ3) is 2.84. The molecule has 0 saturated carbocycles. The highest BCUT2D eigenvalue weighted by atomic mass is 16.6. The predicted molar refractivity (Wildman–Crippen MR) is 102 cm³/mol.